The number of anilines is 1. The Morgan fingerprint density at radius 3 is 2.59 bits per heavy atom. The van der Waals surface area contributed by atoms with E-state index in [1.807, 2.05) is 55.7 Å². The number of hydrogen-bond donors (Lipinski definition) is 1. The summed E-state index contributed by atoms with van der Waals surface area (Å²) in [7, 11) is 0. The van der Waals surface area contributed by atoms with Gasteiger partial charge in [-0.25, -0.2) is 0 Å². The summed E-state index contributed by atoms with van der Waals surface area (Å²) < 4.78 is 14.0. The molecule has 0 spiro atoms. The largest absolute Gasteiger partial charge is 0.454 e. The van der Waals surface area contributed by atoms with Crippen molar-refractivity contribution in [3.63, 3.8) is 0 Å². The summed E-state index contributed by atoms with van der Waals surface area (Å²) in [5.74, 6) is 1.05. The smallest absolute Gasteiger partial charge is 0.281 e. The van der Waals surface area contributed by atoms with Gasteiger partial charge in [0.05, 0.1) is 17.3 Å². The fraction of sp³-hybridized carbons (Fsp3) is 0.208. The standard InChI is InChI=1S/C24H22N4O4/c1-14-19-12-25-28(18-7-5-4-6-8-18)24(30)22(19)15(2)27(14)16(3)23(29)26-17-9-10-20-21(11-17)32-13-31-20/h4-12,16H,13H2,1-3H3,(H,26,29)/t16-/m1/s1. The fourth-order valence-corrected chi connectivity index (χ4v) is 4.25. The van der Waals surface area contributed by atoms with E-state index in [4.69, 9.17) is 9.47 Å². The average Bonchev–Trinajstić information content (AvgIpc) is 3.36. The summed E-state index contributed by atoms with van der Waals surface area (Å²) in [4.78, 5) is 26.3. The summed E-state index contributed by atoms with van der Waals surface area (Å²) in [5, 5.41) is 8.59. The molecule has 32 heavy (non-hydrogen) atoms. The van der Waals surface area contributed by atoms with Gasteiger partial charge in [-0.3, -0.25) is 9.59 Å². The highest BCUT2D eigenvalue weighted by molar-refractivity contribution is 5.95. The van der Waals surface area contributed by atoms with Gasteiger partial charge in [-0.15, -0.1) is 0 Å². The Bertz CT molecular complexity index is 1410. The average molecular weight is 430 g/mol. The number of fused-ring (bicyclic) bond motifs is 2. The van der Waals surface area contributed by atoms with Gasteiger partial charge in [0.2, 0.25) is 12.7 Å². The van der Waals surface area contributed by atoms with Crippen LogP contribution in [-0.2, 0) is 4.79 Å². The summed E-state index contributed by atoms with van der Waals surface area (Å²) in [6.07, 6.45) is 1.69. The monoisotopic (exact) mass is 430 g/mol. The number of aromatic nitrogens is 3. The van der Waals surface area contributed by atoms with Crippen LogP contribution in [0, 0.1) is 13.8 Å². The maximum atomic E-state index is 13.3. The second-order valence-electron chi connectivity index (χ2n) is 7.76. The predicted molar refractivity (Wildman–Crippen MR) is 121 cm³/mol. The van der Waals surface area contributed by atoms with Gasteiger partial charge in [0, 0.05) is 28.5 Å². The molecule has 1 aliphatic rings. The molecule has 2 aromatic carbocycles. The summed E-state index contributed by atoms with van der Waals surface area (Å²) in [5.41, 5.74) is 2.64. The number of hydrogen-bond acceptors (Lipinski definition) is 5. The van der Waals surface area contributed by atoms with Gasteiger partial charge in [0.15, 0.2) is 11.5 Å². The third-order valence-electron chi connectivity index (χ3n) is 5.86. The molecule has 1 atom stereocenters. The summed E-state index contributed by atoms with van der Waals surface area (Å²) in [6, 6.07) is 14.0. The van der Waals surface area contributed by atoms with E-state index < -0.39 is 6.04 Å². The first kappa shape index (κ1) is 19.9. The Morgan fingerprint density at radius 1 is 1.06 bits per heavy atom. The van der Waals surface area contributed by atoms with Crippen LogP contribution in [0.2, 0.25) is 0 Å². The van der Waals surface area contributed by atoms with Crippen molar-refractivity contribution in [1.82, 2.24) is 14.3 Å². The van der Waals surface area contributed by atoms with Crippen molar-refractivity contribution in [3.8, 4) is 17.2 Å². The Hall–Kier alpha value is -4.07. The van der Waals surface area contributed by atoms with E-state index >= 15 is 0 Å². The van der Waals surface area contributed by atoms with Gasteiger partial charge < -0.3 is 19.4 Å². The van der Waals surface area contributed by atoms with E-state index in [1.165, 1.54) is 4.68 Å². The molecule has 3 heterocycles. The van der Waals surface area contributed by atoms with E-state index in [1.54, 1.807) is 24.4 Å². The molecule has 0 fully saturated rings. The van der Waals surface area contributed by atoms with Crippen LogP contribution in [0.4, 0.5) is 5.69 Å². The maximum Gasteiger partial charge on any atom is 0.281 e. The lowest BCUT2D eigenvalue weighted by Gasteiger charge is -2.18. The molecule has 4 aromatic rings. The molecule has 0 unspecified atom stereocenters. The second kappa shape index (κ2) is 7.56. The number of carbonyl (C=O) groups is 1. The van der Waals surface area contributed by atoms with Gasteiger partial charge >= 0.3 is 0 Å². The van der Waals surface area contributed by atoms with Gasteiger partial charge in [0.1, 0.15) is 6.04 Å². The SMILES string of the molecule is Cc1c2cnn(-c3ccccc3)c(=O)c2c(C)n1[C@H](C)C(=O)Nc1ccc2c(c1)OCO2. The third-order valence-corrected chi connectivity index (χ3v) is 5.86. The van der Waals surface area contributed by atoms with E-state index in [0.717, 1.165) is 16.8 Å². The van der Waals surface area contributed by atoms with Crippen LogP contribution >= 0.6 is 0 Å². The molecule has 0 bridgehead atoms. The highest BCUT2D eigenvalue weighted by atomic mass is 16.7. The lowest BCUT2D eigenvalue weighted by Crippen LogP contribution is -2.25. The molecule has 1 amide bonds. The molecule has 1 aliphatic heterocycles. The number of benzene rings is 2. The van der Waals surface area contributed by atoms with Gasteiger partial charge in [0.25, 0.3) is 5.56 Å². The number of para-hydroxylation sites is 1. The maximum absolute atomic E-state index is 13.3. The van der Waals surface area contributed by atoms with Crippen LogP contribution in [0.5, 0.6) is 11.5 Å². The number of rotatable bonds is 4. The van der Waals surface area contributed by atoms with Crippen molar-refractivity contribution in [2.45, 2.75) is 26.8 Å². The molecule has 8 heteroatoms. The van der Waals surface area contributed by atoms with Crippen LogP contribution < -0.4 is 20.3 Å². The molecule has 1 N–H and O–H groups in total. The van der Waals surface area contributed by atoms with Crippen LogP contribution in [0.25, 0.3) is 16.5 Å². The van der Waals surface area contributed by atoms with Crippen molar-refractivity contribution in [2.75, 3.05) is 12.1 Å². The molecular weight excluding hydrogens is 408 g/mol. The minimum absolute atomic E-state index is 0.173. The van der Waals surface area contributed by atoms with Crippen LogP contribution in [0.3, 0.4) is 0 Å². The number of carbonyl (C=O) groups excluding carboxylic acids is 1. The Labute approximate surface area is 184 Å². The molecule has 0 radical (unpaired) electrons. The zero-order valence-corrected chi connectivity index (χ0v) is 18.0. The van der Waals surface area contributed by atoms with Crippen molar-refractivity contribution >= 4 is 22.4 Å². The lowest BCUT2D eigenvalue weighted by atomic mass is 10.2. The number of nitrogens with one attached hydrogen (secondary N) is 1. The van der Waals surface area contributed by atoms with Gasteiger partial charge in [-0.05, 0) is 45.0 Å². The molecule has 162 valence electrons. The summed E-state index contributed by atoms with van der Waals surface area (Å²) in [6.45, 7) is 5.74. The molecule has 5 rings (SSSR count). The summed E-state index contributed by atoms with van der Waals surface area (Å²) >= 11 is 0. The van der Waals surface area contributed by atoms with Gasteiger partial charge in [-0.2, -0.15) is 9.78 Å². The van der Waals surface area contributed by atoms with E-state index in [0.29, 0.717) is 28.3 Å². The lowest BCUT2D eigenvalue weighted by molar-refractivity contribution is -0.118. The van der Waals surface area contributed by atoms with E-state index in [-0.39, 0.29) is 18.3 Å². The molecular formula is C24H22N4O4. The highest BCUT2D eigenvalue weighted by Crippen LogP contribution is 2.34. The first-order valence-electron chi connectivity index (χ1n) is 10.3. The minimum Gasteiger partial charge on any atom is -0.454 e. The quantitative estimate of drug-likeness (QED) is 0.533. The molecule has 0 saturated heterocycles. The third kappa shape index (κ3) is 3.11. The molecule has 2 aromatic heterocycles. The van der Waals surface area contributed by atoms with E-state index in [9.17, 15) is 9.59 Å². The minimum atomic E-state index is -0.544. The number of amides is 1. The van der Waals surface area contributed by atoms with E-state index in [2.05, 4.69) is 10.4 Å². The molecule has 8 nitrogen and oxygen atoms in total. The zero-order chi connectivity index (χ0) is 22.4. The van der Waals surface area contributed by atoms with Gasteiger partial charge in [-0.1, -0.05) is 18.2 Å². The van der Waals surface area contributed by atoms with Crippen molar-refractivity contribution in [2.24, 2.45) is 0 Å². The predicted octanol–water partition coefficient (Wildman–Crippen LogP) is 3.73. The fourth-order valence-electron chi connectivity index (χ4n) is 4.25. The Kier molecular flexibility index (Phi) is 4.70. The van der Waals surface area contributed by atoms with Crippen molar-refractivity contribution in [1.29, 1.82) is 0 Å². The first-order chi connectivity index (χ1) is 15.5. The Balaban J connectivity index is 1.51. The zero-order valence-electron chi connectivity index (χ0n) is 18.0. The topological polar surface area (TPSA) is 87.4 Å². The van der Waals surface area contributed by atoms with Crippen molar-refractivity contribution in [3.05, 3.63) is 76.5 Å². The molecule has 0 saturated carbocycles. The number of nitrogens with zero attached hydrogens (tertiary/aromatic N) is 3. The van der Waals surface area contributed by atoms with Crippen molar-refractivity contribution < 1.29 is 14.3 Å². The molecule has 0 aliphatic carbocycles. The number of aryl methyl sites for hydroxylation is 2. The Morgan fingerprint density at radius 2 is 1.81 bits per heavy atom. The first-order valence-corrected chi connectivity index (χ1v) is 10.3. The second-order valence-corrected chi connectivity index (χ2v) is 7.76. The highest BCUT2D eigenvalue weighted by Gasteiger charge is 2.24. The van der Waals surface area contributed by atoms with Crippen LogP contribution in [-0.4, -0.2) is 27.0 Å². The van der Waals surface area contributed by atoms with Crippen LogP contribution in [0.15, 0.2) is 59.5 Å². The van der Waals surface area contributed by atoms with Crippen LogP contribution in [0.1, 0.15) is 24.4 Å². The number of ether oxygens (including phenoxy) is 2. The normalized spacial score (nSPS) is 13.3.